The van der Waals surface area contributed by atoms with Crippen LogP contribution in [-0.2, 0) is 5.41 Å². The topological polar surface area (TPSA) is 32.6 Å². The summed E-state index contributed by atoms with van der Waals surface area (Å²) < 4.78 is 0. The van der Waals surface area contributed by atoms with Gasteiger partial charge in [0.05, 0.1) is 0 Å². The van der Waals surface area contributed by atoms with Gasteiger partial charge in [-0.25, -0.2) is 0 Å². The molecular formula is C21H27NO. The van der Waals surface area contributed by atoms with E-state index in [1.54, 1.807) is 0 Å². The molecule has 23 heavy (non-hydrogen) atoms. The number of benzene rings is 2. The highest BCUT2D eigenvalue weighted by molar-refractivity contribution is 5.86. The highest BCUT2D eigenvalue weighted by Crippen LogP contribution is 2.38. The average molecular weight is 309 g/mol. The number of phenols is 1. The highest BCUT2D eigenvalue weighted by atomic mass is 16.3. The van der Waals surface area contributed by atoms with Crippen LogP contribution in [0.4, 0.5) is 5.69 Å². The molecule has 2 nitrogen and oxygen atoms in total. The quantitative estimate of drug-likeness (QED) is 0.712. The second-order valence-electron chi connectivity index (χ2n) is 7.50. The lowest BCUT2D eigenvalue weighted by molar-refractivity contribution is 0.448. The fraction of sp³-hybridized carbons (Fsp3) is 0.381. The Morgan fingerprint density at radius 2 is 1.39 bits per heavy atom. The molecule has 0 spiro atoms. The SMILES string of the molecule is Cc1cc(C)c(C=Nc2cc(C)cc(C(C)(C)C)c2O)c(C)c1. The Balaban J connectivity index is 2.51. The smallest absolute Gasteiger partial charge is 0.144 e. The van der Waals surface area contributed by atoms with E-state index in [1.165, 1.54) is 16.7 Å². The van der Waals surface area contributed by atoms with Crippen LogP contribution < -0.4 is 0 Å². The minimum absolute atomic E-state index is 0.115. The lowest BCUT2D eigenvalue weighted by atomic mass is 9.85. The summed E-state index contributed by atoms with van der Waals surface area (Å²) in [6, 6.07) is 8.28. The molecule has 0 saturated carbocycles. The molecule has 122 valence electrons. The summed E-state index contributed by atoms with van der Waals surface area (Å²) >= 11 is 0. The zero-order chi connectivity index (χ0) is 17.4. The van der Waals surface area contributed by atoms with Crippen LogP contribution in [0.1, 0.15) is 54.2 Å². The van der Waals surface area contributed by atoms with Gasteiger partial charge in [-0.05, 0) is 61.4 Å². The summed E-state index contributed by atoms with van der Waals surface area (Å²) in [5.41, 5.74) is 7.34. The fourth-order valence-electron chi connectivity index (χ4n) is 2.96. The third-order valence-electron chi connectivity index (χ3n) is 4.11. The van der Waals surface area contributed by atoms with Crippen LogP contribution in [0.15, 0.2) is 29.3 Å². The lowest BCUT2D eigenvalue weighted by Crippen LogP contribution is -2.11. The summed E-state index contributed by atoms with van der Waals surface area (Å²) in [7, 11) is 0. The molecule has 0 bridgehead atoms. The number of nitrogens with zero attached hydrogens (tertiary/aromatic N) is 1. The largest absolute Gasteiger partial charge is 0.505 e. The Hall–Kier alpha value is -2.09. The van der Waals surface area contributed by atoms with E-state index < -0.39 is 0 Å². The summed E-state index contributed by atoms with van der Waals surface area (Å²) in [6.07, 6.45) is 1.87. The summed E-state index contributed by atoms with van der Waals surface area (Å²) in [5.74, 6) is 0.279. The number of rotatable bonds is 2. The second-order valence-corrected chi connectivity index (χ2v) is 7.50. The Morgan fingerprint density at radius 3 is 1.91 bits per heavy atom. The number of phenolic OH excluding ortho intramolecular Hbond substituents is 1. The fourth-order valence-corrected chi connectivity index (χ4v) is 2.96. The van der Waals surface area contributed by atoms with Crippen molar-refractivity contribution >= 4 is 11.9 Å². The zero-order valence-corrected chi connectivity index (χ0v) is 15.3. The third-order valence-corrected chi connectivity index (χ3v) is 4.11. The van der Waals surface area contributed by atoms with Crippen LogP contribution in [0, 0.1) is 27.7 Å². The van der Waals surface area contributed by atoms with Gasteiger partial charge >= 0.3 is 0 Å². The standard InChI is InChI=1S/C21H27NO/c1-13-8-15(3)17(16(4)9-13)12-22-19-11-14(2)10-18(20(19)23)21(5,6)7/h8-12,23H,1-7H3. The van der Waals surface area contributed by atoms with E-state index in [0.717, 1.165) is 16.7 Å². The van der Waals surface area contributed by atoms with Gasteiger partial charge in [-0.15, -0.1) is 0 Å². The van der Waals surface area contributed by atoms with Crippen LogP contribution in [0.5, 0.6) is 5.75 Å². The minimum atomic E-state index is -0.115. The summed E-state index contributed by atoms with van der Waals surface area (Å²) in [6.45, 7) is 14.6. The van der Waals surface area contributed by atoms with Gasteiger partial charge < -0.3 is 5.11 Å². The monoisotopic (exact) mass is 309 g/mol. The third kappa shape index (κ3) is 3.82. The molecule has 0 fully saturated rings. The molecule has 1 N–H and O–H groups in total. The van der Waals surface area contributed by atoms with Crippen LogP contribution in [0.25, 0.3) is 0 Å². The molecule has 0 atom stereocenters. The first-order chi connectivity index (χ1) is 10.6. The van der Waals surface area contributed by atoms with Crippen molar-refractivity contribution in [1.29, 1.82) is 0 Å². The predicted molar refractivity (Wildman–Crippen MR) is 99.5 cm³/mol. The molecule has 0 heterocycles. The molecule has 0 unspecified atom stereocenters. The van der Waals surface area contributed by atoms with Gasteiger partial charge in [0, 0.05) is 11.8 Å². The lowest BCUT2D eigenvalue weighted by Gasteiger charge is -2.22. The molecule has 2 aromatic carbocycles. The van der Waals surface area contributed by atoms with Crippen LogP contribution in [-0.4, -0.2) is 11.3 Å². The van der Waals surface area contributed by atoms with Crippen molar-refractivity contribution in [1.82, 2.24) is 0 Å². The molecular weight excluding hydrogens is 282 g/mol. The first-order valence-corrected chi connectivity index (χ1v) is 8.05. The second kappa shape index (κ2) is 6.19. The van der Waals surface area contributed by atoms with Crippen molar-refractivity contribution in [2.75, 3.05) is 0 Å². The van der Waals surface area contributed by atoms with E-state index in [9.17, 15) is 5.11 Å². The van der Waals surface area contributed by atoms with Crippen molar-refractivity contribution in [3.05, 3.63) is 57.6 Å². The summed E-state index contributed by atoms with van der Waals surface area (Å²) in [4.78, 5) is 4.59. The van der Waals surface area contributed by atoms with Gasteiger partial charge in [0.15, 0.2) is 0 Å². The van der Waals surface area contributed by atoms with Gasteiger partial charge in [-0.1, -0.05) is 44.5 Å². The van der Waals surface area contributed by atoms with Crippen LogP contribution in [0.2, 0.25) is 0 Å². The molecule has 2 rings (SSSR count). The molecule has 2 aromatic rings. The Morgan fingerprint density at radius 1 is 0.870 bits per heavy atom. The van der Waals surface area contributed by atoms with E-state index in [0.29, 0.717) is 5.69 Å². The zero-order valence-electron chi connectivity index (χ0n) is 15.3. The molecule has 2 heteroatoms. The van der Waals surface area contributed by atoms with E-state index in [1.807, 2.05) is 25.3 Å². The van der Waals surface area contributed by atoms with Gasteiger partial charge in [0.1, 0.15) is 11.4 Å². The maximum absolute atomic E-state index is 10.6. The van der Waals surface area contributed by atoms with E-state index in [2.05, 4.69) is 58.7 Å². The molecule has 0 amide bonds. The predicted octanol–water partition coefficient (Wildman–Crippen LogP) is 5.67. The first-order valence-electron chi connectivity index (χ1n) is 8.05. The minimum Gasteiger partial charge on any atom is -0.505 e. The van der Waals surface area contributed by atoms with E-state index >= 15 is 0 Å². The number of hydrogen-bond donors (Lipinski definition) is 1. The van der Waals surface area contributed by atoms with Crippen molar-refractivity contribution in [2.24, 2.45) is 4.99 Å². The maximum Gasteiger partial charge on any atom is 0.144 e. The molecule has 0 aliphatic heterocycles. The Kier molecular flexibility index (Phi) is 4.65. The van der Waals surface area contributed by atoms with Gasteiger partial charge in [0.25, 0.3) is 0 Å². The van der Waals surface area contributed by atoms with Crippen molar-refractivity contribution in [3.63, 3.8) is 0 Å². The molecule has 0 aromatic heterocycles. The normalized spacial score (nSPS) is 12.1. The first kappa shape index (κ1) is 17.3. The Labute approximate surface area is 139 Å². The highest BCUT2D eigenvalue weighted by Gasteiger charge is 2.20. The van der Waals surface area contributed by atoms with Crippen molar-refractivity contribution in [2.45, 2.75) is 53.9 Å². The van der Waals surface area contributed by atoms with E-state index in [4.69, 9.17) is 0 Å². The van der Waals surface area contributed by atoms with Gasteiger partial charge in [-0.2, -0.15) is 0 Å². The molecule has 0 saturated heterocycles. The number of aryl methyl sites for hydroxylation is 4. The van der Waals surface area contributed by atoms with Gasteiger partial charge in [0.2, 0.25) is 0 Å². The van der Waals surface area contributed by atoms with Gasteiger partial charge in [-0.3, -0.25) is 4.99 Å². The molecule has 0 radical (unpaired) electrons. The van der Waals surface area contributed by atoms with E-state index in [-0.39, 0.29) is 11.2 Å². The van der Waals surface area contributed by atoms with Crippen LogP contribution in [0.3, 0.4) is 0 Å². The number of aromatic hydroxyl groups is 1. The average Bonchev–Trinajstić information content (AvgIpc) is 2.39. The summed E-state index contributed by atoms with van der Waals surface area (Å²) in [5, 5.41) is 10.6. The molecule has 0 aliphatic rings. The van der Waals surface area contributed by atoms with Crippen molar-refractivity contribution < 1.29 is 5.11 Å². The molecule has 0 aliphatic carbocycles. The van der Waals surface area contributed by atoms with Crippen LogP contribution >= 0.6 is 0 Å². The number of aliphatic imine (C=N–C) groups is 1. The maximum atomic E-state index is 10.6. The van der Waals surface area contributed by atoms with Crippen molar-refractivity contribution in [3.8, 4) is 5.75 Å². The number of hydrogen-bond acceptors (Lipinski definition) is 2. The Bertz CT molecular complexity index is 741.